The van der Waals surface area contributed by atoms with E-state index in [9.17, 15) is 4.79 Å². The minimum Gasteiger partial charge on any atom is -0.317 e. The Morgan fingerprint density at radius 2 is 2.00 bits per heavy atom. The first kappa shape index (κ1) is 12.4. The first-order valence-electron chi connectivity index (χ1n) is 5.62. The summed E-state index contributed by atoms with van der Waals surface area (Å²) in [6.07, 6.45) is -0.0672. The topological polar surface area (TPSA) is 61.6 Å². The van der Waals surface area contributed by atoms with Crippen LogP contribution in [0, 0.1) is 0 Å². The van der Waals surface area contributed by atoms with Gasteiger partial charge in [-0.1, -0.05) is 6.92 Å². The average molecular weight is 214 g/mol. The number of nitrogens with two attached hydrogens (primary N) is 1. The Bertz CT molecular complexity index is 231. The summed E-state index contributed by atoms with van der Waals surface area (Å²) >= 11 is 0. The molecule has 1 fully saturated rings. The number of carbonyl (C=O) groups is 1. The lowest BCUT2D eigenvalue weighted by Gasteiger charge is -2.31. The van der Waals surface area contributed by atoms with Gasteiger partial charge in [0, 0.05) is 19.1 Å². The molecule has 2 atom stereocenters. The molecule has 5 nitrogen and oxygen atoms in total. The third-order valence-corrected chi connectivity index (χ3v) is 2.64. The van der Waals surface area contributed by atoms with Crippen LogP contribution >= 0.6 is 0 Å². The van der Waals surface area contributed by atoms with E-state index in [1.165, 1.54) is 0 Å². The third kappa shape index (κ3) is 2.30. The normalized spacial score (nSPS) is 28.1. The van der Waals surface area contributed by atoms with Crippen molar-refractivity contribution in [2.45, 2.75) is 45.9 Å². The number of carbonyl (C=O) groups excluding carboxylic acids is 1. The van der Waals surface area contributed by atoms with E-state index in [-0.39, 0.29) is 12.1 Å². The lowest BCUT2D eigenvalue weighted by atomic mass is 10.2. The summed E-state index contributed by atoms with van der Waals surface area (Å²) in [5.74, 6) is 0.0116. The summed E-state index contributed by atoms with van der Waals surface area (Å²) in [7, 11) is 0. The lowest BCUT2D eigenvalue weighted by Crippen LogP contribution is -2.54. The van der Waals surface area contributed by atoms with Crippen molar-refractivity contribution in [1.82, 2.24) is 15.3 Å². The highest BCUT2D eigenvalue weighted by atomic mass is 16.2. The number of rotatable bonds is 4. The minimum atomic E-state index is -0.452. The van der Waals surface area contributed by atoms with E-state index in [2.05, 4.69) is 19.2 Å². The molecule has 1 heterocycles. The fourth-order valence-corrected chi connectivity index (χ4v) is 2.01. The summed E-state index contributed by atoms with van der Waals surface area (Å²) in [5, 5.41) is 7.06. The van der Waals surface area contributed by atoms with Crippen LogP contribution in [0.2, 0.25) is 0 Å². The van der Waals surface area contributed by atoms with Gasteiger partial charge >= 0.3 is 0 Å². The van der Waals surface area contributed by atoms with Crippen molar-refractivity contribution in [3.05, 3.63) is 0 Å². The van der Waals surface area contributed by atoms with Gasteiger partial charge in [-0.2, -0.15) is 5.01 Å². The van der Waals surface area contributed by atoms with Crippen molar-refractivity contribution in [2.75, 3.05) is 13.1 Å². The van der Waals surface area contributed by atoms with Gasteiger partial charge in [-0.05, 0) is 20.8 Å². The van der Waals surface area contributed by atoms with Crippen LogP contribution in [-0.4, -0.2) is 47.3 Å². The largest absolute Gasteiger partial charge is 0.317 e. The van der Waals surface area contributed by atoms with Crippen molar-refractivity contribution in [1.29, 1.82) is 0 Å². The van der Waals surface area contributed by atoms with Gasteiger partial charge in [0.05, 0.1) is 0 Å². The Kier molecular flexibility index (Phi) is 4.07. The zero-order valence-corrected chi connectivity index (χ0v) is 10.0. The number of hydrazine groups is 1. The van der Waals surface area contributed by atoms with E-state index in [1.807, 2.05) is 18.9 Å². The van der Waals surface area contributed by atoms with Crippen molar-refractivity contribution >= 4 is 5.91 Å². The van der Waals surface area contributed by atoms with Crippen LogP contribution in [0.15, 0.2) is 0 Å². The molecule has 88 valence electrons. The number of likely N-dealkylation sites (N-methyl/N-ethyl adjacent to an activating group) is 2. The van der Waals surface area contributed by atoms with Gasteiger partial charge in [-0.25, -0.2) is 0 Å². The van der Waals surface area contributed by atoms with Gasteiger partial charge in [-0.3, -0.25) is 15.1 Å². The minimum absolute atomic E-state index is 0.0116. The van der Waals surface area contributed by atoms with Crippen LogP contribution in [0.4, 0.5) is 0 Å². The van der Waals surface area contributed by atoms with Crippen LogP contribution in [0.5, 0.6) is 0 Å². The highest BCUT2D eigenvalue weighted by Crippen LogP contribution is 2.17. The number of nitrogens with one attached hydrogen (secondary N) is 1. The summed E-state index contributed by atoms with van der Waals surface area (Å²) in [5.41, 5.74) is 5.91. The monoisotopic (exact) mass is 214 g/mol. The second-order valence-corrected chi connectivity index (χ2v) is 4.10. The summed E-state index contributed by atoms with van der Waals surface area (Å²) in [4.78, 5) is 11.8. The second-order valence-electron chi connectivity index (χ2n) is 4.10. The molecule has 0 aromatic rings. The molecule has 1 aliphatic rings. The predicted octanol–water partition coefficient (Wildman–Crippen LogP) is -0.263. The molecule has 0 radical (unpaired) electrons. The highest BCUT2D eigenvalue weighted by Gasteiger charge is 2.43. The molecule has 0 bridgehead atoms. The molecule has 0 aliphatic carbocycles. The fourth-order valence-electron chi connectivity index (χ4n) is 2.01. The maximum atomic E-state index is 11.8. The Labute approximate surface area is 91.6 Å². The highest BCUT2D eigenvalue weighted by molar-refractivity contribution is 5.84. The maximum Gasteiger partial charge on any atom is 0.256 e. The zero-order valence-electron chi connectivity index (χ0n) is 10.0. The van der Waals surface area contributed by atoms with Crippen molar-refractivity contribution in [3.63, 3.8) is 0 Å². The lowest BCUT2D eigenvalue weighted by molar-refractivity contribution is -0.138. The van der Waals surface area contributed by atoms with Crippen LogP contribution in [-0.2, 0) is 4.79 Å². The molecule has 1 rings (SSSR count). The Morgan fingerprint density at radius 1 is 1.40 bits per heavy atom. The molecule has 1 amide bonds. The molecule has 0 saturated carbocycles. The Hall–Kier alpha value is -0.650. The van der Waals surface area contributed by atoms with E-state index in [4.69, 9.17) is 5.73 Å². The average Bonchev–Trinajstić information content (AvgIpc) is 2.41. The molecule has 1 saturated heterocycles. The summed E-state index contributed by atoms with van der Waals surface area (Å²) in [6.45, 7) is 9.57. The van der Waals surface area contributed by atoms with Crippen LogP contribution in [0.25, 0.3) is 0 Å². The molecule has 0 aromatic heterocycles. The molecular formula is C10H22N4O. The summed E-state index contributed by atoms with van der Waals surface area (Å²) < 4.78 is 0. The molecule has 0 spiro atoms. The number of amides is 1. The number of nitrogens with zero attached hydrogens (tertiary/aromatic N) is 2. The van der Waals surface area contributed by atoms with Crippen molar-refractivity contribution in [3.8, 4) is 0 Å². The SMILES string of the molecule is CCN1C(=O)C(N)C(NC(C)C)N1CC. The van der Waals surface area contributed by atoms with Gasteiger partial charge in [0.2, 0.25) is 0 Å². The third-order valence-electron chi connectivity index (χ3n) is 2.64. The standard InChI is InChI=1S/C10H22N4O/c1-5-13-9(12-7(3)4)8(11)10(15)14(13)6-2/h7-9,12H,5-6,11H2,1-4H3. The van der Waals surface area contributed by atoms with Gasteiger partial charge in [0.25, 0.3) is 5.91 Å². The zero-order chi connectivity index (χ0) is 11.6. The molecule has 0 aromatic carbocycles. The van der Waals surface area contributed by atoms with Gasteiger partial charge in [-0.15, -0.1) is 0 Å². The van der Waals surface area contributed by atoms with Gasteiger partial charge in [0.1, 0.15) is 12.2 Å². The first-order chi connectivity index (χ1) is 7.02. The van der Waals surface area contributed by atoms with E-state index >= 15 is 0 Å². The molecule has 15 heavy (non-hydrogen) atoms. The summed E-state index contributed by atoms with van der Waals surface area (Å²) in [6, 6.07) is -0.132. The van der Waals surface area contributed by atoms with Crippen molar-refractivity contribution in [2.24, 2.45) is 5.73 Å². The van der Waals surface area contributed by atoms with Gasteiger partial charge in [0.15, 0.2) is 0 Å². The fraction of sp³-hybridized carbons (Fsp3) is 0.900. The van der Waals surface area contributed by atoms with Crippen molar-refractivity contribution < 1.29 is 4.79 Å². The van der Waals surface area contributed by atoms with E-state index < -0.39 is 6.04 Å². The smallest absolute Gasteiger partial charge is 0.256 e. The second kappa shape index (κ2) is 4.92. The molecule has 1 aliphatic heterocycles. The molecular weight excluding hydrogens is 192 g/mol. The van der Waals surface area contributed by atoms with Crippen LogP contribution < -0.4 is 11.1 Å². The van der Waals surface area contributed by atoms with E-state index in [1.54, 1.807) is 5.01 Å². The molecule has 2 unspecified atom stereocenters. The first-order valence-corrected chi connectivity index (χ1v) is 5.62. The van der Waals surface area contributed by atoms with Crippen LogP contribution in [0.1, 0.15) is 27.7 Å². The van der Waals surface area contributed by atoms with E-state index in [0.29, 0.717) is 12.6 Å². The molecule has 3 N–H and O–H groups in total. The number of hydrogen-bond acceptors (Lipinski definition) is 4. The molecule has 5 heteroatoms. The Morgan fingerprint density at radius 3 is 2.40 bits per heavy atom. The quantitative estimate of drug-likeness (QED) is 0.676. The maximum absolute atomic E-state index is 11.8. The van der Waals surface area contributed by atoms with Gasteiger partial charge < -0.3 is 5.73 Å². The van der Waals surface area contributed by atoms with E-state index in [0.717, 1.165) is 6.54 Å². The Balaban J connectivity index is 2.80. The predicted molar refractivity (Wildman–Crippen MR) is 59.8 cm³/mol. The number of hydrogen-bond donors (Lipinski definition) is 2. The van der Waals surface area contributed by atoms with Crippen LogP contribution in [0.3, 0.4) is 0 Å².